The van der Waals surface area contributed by atoms with E-state index in [1.165, 1.54) is 6.07 Å². The van der Waals surface area contributed by atoms with Gasteiger partial charge >= 0.3 is 0 Å². The Morgan fingerprint density at radius 3 is 2.43 bits per heavy atom. The van der Waals surface area contributed by atoms with Crippen LogP contribution in [0.5, 0.6) is 0 Å². The smallest absolute Gasteiger partial charge is 0.126 e. The summed E-state index contributed by atoms with van der Waals surface area (Å²) in [5.41, 5.74) is 0.870. The average Bonchev–Trinajstić information content (AvgIpc) is 2.37. The van der Waals surface area contributed by atoms with E-state index in [9.17, 15) is 4.39 Å². The van der Waals surface area contributed by atoms with Gasteiger partial charge in [0.1, 0.15) is 5.82 Å². The van der Waals surface area contributed by atoms with Crippen molar-refractivity contribution >= 4 is 0 Å². The van der Waals surface area contributed by atoms with Crippen LogP contribution in [0.4, 0.5) is 4.39 Å². The molecule has 1 aromatic rings. The van der Waals surface area contributed by atoms with Crippen molar-refractivity contribution in [2.45, 2.75) is 59.1 Å². The standard InChI is InChI=1S/C18H30FNO/c1-14(2)21-11-10-15(13-20-18(3,4)5)12-16-8-6-7-9-17(16)19/h6-9,14-15,20H,10-13H2,1-5H3. The summed E-state index contributed by atoms with van der Waals surface area (Å²) in [5, 5.41) is 3.52. The molecule has 2 nitrogen and oxygen atoms in total. The van der Waals surface area contributed by atoms with Crippen LogP contribution in [0.2, 0.25) is 0 Å². The summed E-state index contributed by atoms with van der Waals surface area (Å²) in [6.07, 6.45) is 1.93. The molecule has 0 amide bonds. The van der Waals surface area contributed by atoms with Crippen LogP contribution in [-0.4, -0.2) is 24.8 Å². The number of benzene rings is 1. The van der Waals surface area contributed by atoms with Crippen LogP contribution < -0.4 is 5.32 Å². The second-order valence-electron chi connectivity index (χ2n) is 7.00. The number of rotatable bonds is 8. The van der Waals surface area contributed by atoms with Crippen molar-refractivity contribution in [2.24, 2.45) is 5.92 Å². The summed E-state index contributed by atoms with van der Waals surface area (Å²) in [6.45, 7) is 12.1. The highest BCUT2D eigenvalue weighted by molar-refractivity contribution is 5.17. The van der Waals surface area contributed by atoms with Crippen LogP contribution in [0.3, 0.4) is 0 Å². The van der Waals surface area contributed by atoms with Crippen molar-refractivity contribution in [3.63, 3.8) is 0 Å². The molecule has 0 aliphatic carbocycles. The maximum atomic E-state index is 13.8. The van der Waals surface area contributed by atoms with E-state index in [2.05, 4.69) is 26.1 Å². The largest absolute Gasteiger partial charge is 0.379 e. The lowest BCUT2D eigenvalue weighted by atomic mass is 9.95. The van der Waals surface area contributed by atoms with Gasteiger partial charge in [-0.3, -0.25) is 0 Å². The van der Waals surface area contributed by atoms with Gasteiger partial charge in [0.25, 0.3) is 0 Å². The van der Waals surface area contributed by atoms with E-state index < -0.39 is 0 Å². The van der Waals surface area contributed by atoms with Gasteiger partial charge < -0.3 is 10.1 Å². The lowest BCUT2D eigenvalue weighted by Crippen LogP contribution is -2.40. The van der Waals surface area contributed by atoms with Gasteiger partial charge in [0.05, 0.1) is 6.10 Å². The molecule has 1 N–H and O–H groups in total. The monoisotopic (exact) mass is 295 g/mol. The van der Waals surface area contributed by atoms with Crippen LogP contribution in [-0.2, 0) is 11.2 Å². The Morgan fingerprint density at radius 2 is 1.86 bits per heavy atom. The molecule has 3 heteroatoms. The normalized spacial score (nSPS) is 13.7. The minimum Gasteiger partial charge on any atom is -0.379 e. The Hall–Kier alpha value is -0.930. The molecule has 0 radical (unpaired) electrons. The fourth-order valence-electron chi connectivity index (χ4n) is 2.17. The van der Waals surface area contributed by atoms with Crippen molar-refractivity contribution in [2.75, 3.05) is 13.2 Å². The zero-order valence-corrected chi connectivity index (χ0v) is 14.1. The molecule has 0 spiro atoms. The molecular weight excluding hydrogens is 265 g/mol. The Bertz CT molecular complexity index is 412. The first-order chi connectivity index (χ1) is 9.78. The van der Waals surface area contributed by atoms with Crippen molar-refractivity contribution < 1.29 is 9.13 Å². The Kier molecular flexibility index (Phi) is 7.33. The van der Waals surface area contributed by atoms with Crippen molar-refractivity contribution in [3.8, 4) is 0 Å². The first-order valence-corrected chi connectivity index (χ1v) is 7.88. The van der Waals surface area contributed by atoms with Crippen LogP contribution in [0.25, 0.3) is 0 Å². The Morgan fingerprint density at radius 1 is 1.19 bits per heavy atom. The molecule has 21 heavy (non-hydrogen) atoms. The van der Waals surface area contributed by atoms with E-state index in [0.29, 0.717) is 5.92 Å². The van der Waals surface area contributed by atoms with Gasteiger partial charge in [0.15, 0.2) is 0 Å². The number of nitrogens with one attached hydrogen (secondary N) is 1. The third-order valence-corrected chi connectivity index (χ3v) is 3.36. The highest BCUT2D eigenvalue weighted by Gasteiger charge is 2.16. The first-order valence-electron chi connectivity index (χ1n) is 7.88. The van der Waals surface area contributed by atoms with E-state index in [1.54, 1.807) is 6.07 Å². The molecule has 0 heterocycles. The zero-order chi connectivity index (χ0) is 15.9. The summed E-state index contributed by atoms with van der Waals surface area (Å²) < 4.78 is 19.5. The third kappa shape index (κ3) is 8.18. The van der Waals surface area contributed by atoms with E-state index >= 15 is 0 Å². The SMILES string of the molecule is CC(C)OCCC(CNC(C)(C)C)Cc1ccccc1F. The molecule has 0 saturated heterocycles. The molecule has 1 rings (SSSR count). The van der Waals surface area contributed by atoms with Crippen LogP contribution in [0.1, 0.15) is 46.6 Å². The molecule has 120 valence electrons. The van der Waals surface area contributed by atoms with Crippen LogP contribution >= 0.6 is 0 Å². The van der Waals surface area contributed by atoms with E-state index in [0.717, 1.165) is 31.6 Å². The molecule has 1 aromatic carbocycles. The molecule has 0 bridgehead atoms. The molecule has 1 atom stereocenters. The van der Waals surface area contributed by atoms with Crippen LogP contribution in [0, 0.1) is 11.7 Å². The minimum absolute atomic E-state index is 0.0758. The summed E-state index contributed by atoms with van der Waals surface area (Å²) in [4.78, 5) is 0. The summed E-state index contributed by atoms with van der Waals surface area (Å²) >= 11 is 0. The van der Waals surface area contributed by atoms with Crippen LogP contribution in [0.15, 0.2) is 24.3 Å². The highest BCUT2D eigenvalue weighted by atomic mass is 19.1. The second-order valence-corrected chi connectivity index (χ2v) is 7.00. The van der Waals surface area contributed by atoms with E-state index in [-0.39, 0.29) is 17.5 Å². The summed E-state index contributed by atoms with van der Waals surface area (Å²) in [5.74, 6) is 0.267. The Labute approximate surface area is 129 Å². The van der Waals surface area contributed by atoms with Gasteiger partial charge in [0.2, 0.25) is 0 Å². The molecule has 0 aromatic heterocycles. The predicted molar refractivity (Wildman–Crippen MR) is 87.1 cm³/mol. The summed E-state index contributed by atoms with van der Waals surface area (Å²) in [7, 11) is 0. The highest BCUT2D eigenvalue weighted by Crippen LogP contribution is 2.16. The van der Waals surface area contributed by atoms with E-state index in [1.807, 2.05) is 26.0 Å². The lowest BCUT2D eigenvalue weighted by Gasteiger charge is -2.26. The topological polar surface area (TPSA) is 21.3 Å². The fraction of sp³-hybridized carbons (Fsp3) is 0.667. The Balaban J connectivity index is 2.60. The maximum absolute atomic E-state index is 13.8. The van der Waals surface area contributed by atoms with Gasteiger partial charge in [-0.1, -0.05) is 18.2 Å². The van der Waals surface area contributed by atoms with Crippen molar-refractivity contribution in [3.05, 3.63) is 35.6 Å². The maximum Gasteiger partial charge on any atom is 0.126 e. The molecule has 0 aliphatic heterocycles. The lowest BCUT2D eigenvalue weighted by molar-refractivity contribution is 0.0676. The average molecular weight is 295 g/mol. The number of halogens is 1. The fourth-order valence-corrected chi connectivity index (χ4v) is 2.17. The number of ether oxygens (including phenoxy) is 1. The van der Waals surface area contributed by atoms with Crippen molar-refractivity contribution in [1.29, 1.82) is 0 Å². The van der Waals surface area contributed by atoms with Gasteiger partial charge in [-0.05, 0) is 71.6 Å². The number of hydrogen-bond acceptors (Lipinski definition) is 2. The van der Waals surface area contributed by atoms with Gasteiger partial charge in [-0.2, -0.15) is 0 Å². The number of hydrogen-bond donors (Lipinski definition) is 1. The third-order valence-electron chi connectivity index (χ3n) is 3.36. The van der Waals surface area contributed by atoms with Gasteiger partial charge in [0, 0.05) is 12.1 Å². The molecule has 0 fully saturated rings. The second kappa shape index (κ2) is 8.50. The minimum atomic E-state index is -0.108. The van der Waals surface area contributed by atoms with Gasteiger partial charge in [-0.25, -0.2) is 4.39 Å². The van der Waals surface area contributed by atoms with Gasteiger partial charge in [-0.15, -0.1) is 0 Å². The molecular formula is C18H30FNO. The molecule has 0 aliphatic rings. The predicted octanol–water partition coefficient (Wildman–Crippen LogP) is 4.19. The van der Waals surface area contributed by atoms with E-state index in [4.69, 9.17) is 4.74 Å². The molecule has 0 saturated carbocycles. The summed E-state index contributed by atoms with van der Waals surface area (Å²) in [6, 6.07) is 7.05. The molecule has 1 unspecified atom stereocenters. The first kappa shape index (κ1) is 18.1. The van der Waals surface area contributed by atoms with Crippen molar-refractivity contribution in [1.82, 2.24) is 5.32 Å². The quantitative estimate of drug-likeness (QED) is 0.776. The zero-order valence-electron chi connectivity index (χ0n) is 14.1.